The van der Waals surface area contributed by atoms with Gasteiger partial charge in [0.25, 0.3) is 5.91 Å². The van der Waals surface area contributed by atoms with Crippen molar-refractivity contribution >= 4 is 23.4 Å². The molecule has 1 unspecified atom stereocenters. The minimum atomic E-state index is 0.139. The minimum absolute atomic E-state index is 0.139. The predicted molar refractivity (Wildman–Crippen MR) is 57.4 cm³/mol. The highest BCUT2D eigenvalue weighted by Crippen LogP contribution is 2.33. The minimum Gasteiger partial charge on any atom is -0.272 e. The Kier molecular flexibility index (Phi) is 2.04. The third kappa shape index (κ3) is 1.20. The van der Waals surface area contributed by atoms with Gasteiger partial charge < -0.3 is 0 Å². The smallest absolute Gasteiger partial charge is 0.252 e. The lowest BCUT2D eigenvalue weighted by molar-refractivity contribution is -0.133. The highest BCUT2D eigenvalue weighted by molar-refractivity contribution is 8.00. The molecule has 0 bridgehead atoms. The second-order valence-electron chi connectivity index (χ2n) is 4.28. The number of hydrogen-bond donors (Lipinski definition) is 0. The Balaban J connectivity index is 1.81. The van der Waals surface area contributed by atoms with Gasteiger partial charge in [-0.25, -0.2) is 5.01 Å². The van der Waals surface area contributed by atoms with Crippen LogP contribution in [0, 0.1) is 5.92 Å². The maximum atomic E-state index is 12.0. The zero-order chi connectivity index (χ0) is 9.54. The highest BCUT2D eigenvalue weighted by Gasteiger charge is 2.42. The molecule has 0 radical (unpaired) electrons. The molecule has 1 atom stereocenters. The molecule has 1 aliphatic carbocycles. The van der Waals surface area contributed by atoms with E-state index in [9.17, 15) is 4.79 Å². The normalized spacial score (nSPS) is 32.6. The van der Waals surface area contributed by atoms with E-state index >= 15 is 0 Å². The lowest BCUT2D eigenvalue weighted by Gasteiger charge is -2.20. The molecule has 2 heterocycles. The monoisotopic (exact) mass is 210 g/mol. The van der Waals surface area contributed by atoms with Gasteiger partial charge in [0, 0.05) is 11.5 Å². The standard InChI is InChI=1S/C10H14N2OS/c13-10-8-5-14-6-9(8)11-12(10)7-3-1-2-4-7/h7-8H,1-6H2. The Hall–Kier alpha value is -0.510. The Bertz CT molecular complexity index is 296. The summed E-state index contributed by atoms with van der Waals surface area (Å²) in [5.41, 5.74) is 1.13. The van der Waals surface area contributed by atoms with Crippen LogP contribution >= 0.6 is 11.8 Å². The fourth-order valence-electron chi connectivity index (χ4n) is 2.55. The topological polar surface area (TPSA) is 32.7 Å². The summed E-state index contributed by atoms with van der Waals surface area (Å²) in [6.07, 6.45) is 4.84. The molecule has 3 rings (SSSR count). The van der Waals surface area contributed by atoms with Crippen LogP contribution in [-0.4, -0.2) is 34.2 Å². The molecule has 0 aromatic heterocycles. The van der Waals surface area contributed by atoms with Gasteiger partial charge in [-0.05, 0) is 12.8 Å². The molecule has 0 aromatic carbocycles. The Morgan fingerprint density at radius 2 is 2.14 bits per heavy atom. The molecule has 2 fully saturated rings. The van der Waals surface area contributed by atoms with Gasteiger partial charge in [-0.2, -0.15) is 16.9 Å². The molecule has 0 aromatic rings. The third-order valence-corrected chi connectivity index (χ3v) is 4.44. The number of carbonyl (C=O) groups is 1. The first-order chi connectivity index (χ1) is 6.86. The van der Waals surface area contributed by atoms with Crippen LogP contribution in [0.25, 0.3) is 0 Å². The number of thioether (sulfide) groups is 1. The average Bonchev–Trinajstić information content (AvgIpc) is 2.84. The van der Waals surface area contributed by atoms with E-state index in [1.165, 1.54) is 12.8 Å². The van der Waals surface area contributed by atoms with Crippen molar-refractivity contribution in [2.75, 3.05) is 11.5 Å². The van der Waals surface area contributed by atoms with E-state index in [-0.39, 0.29) is 11.8 Å². The zero-order valence-electron chi connectivity index (χ0n) is 8.11. The second kappa shape index (κ2) is 3.26. The van der Waals surface area contributed by atoms with Crippen LogP contribution in [0.4, 0.5) is 0 Å². The number of fused-ring (bicyclic) bond motifs is 1. The predicted octanol–water partition coefficient (Wildman–Crippen LogP) is 1.49. The lowest BCUT2D eigenvalue weighted by atomic mass is 10.1. The van der Waals surface area contributed by atoms with Crippen molar-refractivity contribution in [3.63, 3.8) is 0 Å². The number of rotatable bonds is 1. The molecule has 1 saturated heterocycles. The van der Waals surface area contributed by atoms with Gasteiger partial charge in [0.15, 0.2) is 0 Å². The molecule has 1 saturated carbocycles. The van der Waals surface area contributed by atoms with Gasteiger partial charge in [0.1, 0.15) is 0 Å². The van der Waals surface area contributed by atoms with Gasteiger partial charge in [-0.3, -0.25) is 4.79 Å². The van der Waals surface area contributed by atoms with E-state index in [0.717, 1.165) is 30.1 Å². The molecule has 0 N–H and O–H groups in total. The molecule has 14 heavy (non-hydrogen) atoms. The summed E-state index contributed by atoms with van der Waals surface area (Å²) in [6.45, 7) is 0. The SMILES string of the molecule is O=C1C2CSCC2=NN1C1CCCC1. The summed E-state index contributed by atoms with van der Waals surface area (Å²) in [5, 5.41) is 6.29. The number of hydrazone groups is 1. The number of carbonyl (C=O) groups excluding carboxylic acids is 1. The number of nitrogens with zero attached hydrogens (tertiary/aromatic N) is 2. The highest BCUT2D eigenvalue weighted by atomic mass is 32.2. The van der Waals surface area contributed by atoms with E-state index in [2.05, 4.69) is 5.10 Å². The van der Waals surface area contributed by atoms with Crippen molar-refractivity contribution in [2.45, 2.75) is 31.7 Å². The van der Waals surface area contributed by atoms with Gasteiger partial charge in [-0.1, -0.05) is 12.8 Å². The Morgan fingerprint density at radius 3 is 2.86 bits per heavy atom. The van der Waals surface area contributed by atoms with Crippen LogP contribution in [0.2, 0.25) is 0 Å². The van der Waals surface area contributed by atoms with Gasteiger partial charge in [0.2, 0.25) is 0 Å². The van der Waals surface area contributed by atoms with E-state index in [1.807, 2.05) is 11.8 Å². The molecular weight excluding hydrogens is 196 g/mol. The van der Waals surface area contributed by atoms with Crippen molar-refractivity contribution in [2.24, 2.45) is 11.0 Å². The fraction of sp³-hybridized carbons (Fsp3) is 0.800. The van der Waals surface area contributed by atoms with Gasteiger partial charge in [0.05, 0.1) is 17.7 Å². The van der Waals surface area contributed by atoms with E-state index < -0.39 is 0 Å². The summed E-state index contributed by atoms with van der Waals surface area (Å²) in [7, 11) is 0. The molecule has 3 aliphatic rings. The molecule has 0 spiro atoms. The van der Waals surface area contributed by atoms with Crippen LogP contribution in [-0.2, 0) is 4.79 Å². The van der Waals surface area contributed by atoms with Crippen molar-refractivity contribution in [3.8, 4) is 0 Å². The van der Waals surface area contributed by atoms with Crippen LogP contribution in [0.1, 0.15) is 25.7 Å². The zero-order valence-corrected chi connectivity index (χ0v) is 8.92. The van der Waals surface area contributed by atoms with Crippen molar-refractivity contribution in [1.82, 2.24) is 5.01 Å². The van der Waals surface area contributed by atoms with Crippen molar-refractivity contribution < 1.29 is 4.79 Å². The van der Waals surface area contributed by atoms with Crippen LogP contribution in [0.3, 0.4) is 0 Å². The molecular formula is C10H14N2OS. The third-order valence-electron chi connectivity index (χ3n) is 3.37. The first-order valence-corrected chi connectivity index (χ1v) is 6.50. The molecule has 76 valence electrons. The largest absolute Gasteiger partial charge is 0.272 e. The molecule has 4 heteroatoms. The molecule has 1 amide bonds. The van der Waals surface area contributed by atoms with Crippen LogP contribution in [0.15, 0.2) is 5.10 Å². The van der Waals surface area contributed by atoms with Gasteiger partial charge in [-0.15, -0.1) is 0 Å². The lowest BCUT2D eigenvalue weighted by Crippen LogP contribution is -2.34. The summed E-state index contributed by atoms with van der Waals surface area (Å²) < 4.78 is 0. The number of amides is 1. The average molecular weight is 210 g/mol. The fourth-order valence-corrected chi connectivity index (χ4v) is 3.70. The van der Waals surface area contributed by atoms with Gasteiger partial charge >= 0.3 is 0 Å². The second-order valence-corrected chi connectivity index (χ2v) is 5.31. The van der Waals surface area contributed by atoms with Crippen LogP contribution < -0.4 is 0 Å². The summed E-state index contributed by atoms with van der Waals surface area (Å²) in [4.78, 5) is 12.0. The van der Waals surface area contributed by atoms with E-state index in [0.29, 0.717) is 6.04 Å². The summed E-state index contributed by atoms with van der Waals surface area (Å²) in [6, 6.07) is 0.422. The maximum Gasteiger partial charge on any atom is 0.252 e. The summed E-state index contributed by atoms with van der Waals surface area (Å²) in [5.74, 6) is 2.35. The Morgan fingerprint density at radius 1 is 1.36 bits per heavy atom. The molecule has 3 nitrogen and oxygen atoms in total. The Labute approximate surface area is 87.9 Å². The number of hydrogen-bond acceptors (Lipinski definition) is 3. The first kappa shape index (κ1) is 8.77. The van der Waals surface area contributed by atoms with E-state index in [1.54, 1.807) is 5.01 Å². The molecule has 2 aliphatic heterocycles. The van der Waals surface area contributed by atoms with Crippen molar-refractivity contribution in [1.29, 1.82) is 0 Å². The van der Waals surface area contributed by atoms with E-state index in [4.69, 9.17) is 0 Å². The quantitative estimate of drug-likeness (QED) is 0.657. The maximum absolute atomic E-state index is 12.0. The van der Waals surface area contributed by atoms with Crippen molar-refractivity contribution in [3.05, 3.63) is 0 Å². The van der Waals surface area contributed by atoms with Crippen LogP contribution in [0.5, 0.6) is 0 Å². The summed E-state index contributed by atoms with van der Waals surface area (Å²) >= 11 is 1.84. The first-order valence-electron chi connectivity index (χ1n) is 5.34.